The molecule has 0 saturated carbocycles. The minimum atomic E-state index is 0. The molecule has 0 radical (unpaired) electrons. The van der Waals surface area contributed by atoms with Crippen LogP contribution >= 0.6 is 35.3 Å². The lowest BCUT2D eigenvalue weighted by Gasteiger charge is -2.11. The quantitative estimate of drug-likeness (QED) is 0.338. The zero-order valence-electron chi connectivity index (χ0n) is 16.0. The summed E-state index contributed by atoms with van der Waals surface area (Å²) >= 11 is 1.76. The van der Waals surface area contributed by atoms with Gasteiger partial charge >= 0.3 is 0 Å². The molecule has 0 spiro atoms. The van der Waals surface area contributed by atoms with Crippen molar-refractivity contribution in [3.8, 4) is 5.75 Å². The topological polar surface area (TPSA) is 58.5 Å². The average molecular weight is 488 g/mol. The molecule has 1 aromatic heterocycles. The summed E-state index contributed by atoms with van der Waals surface area (Å²) in [4.78, 5) is 10.5. The number of nitrogens with zero attached hydrogens (tertiary/aromatic N) is 2. The molecule has 5 nitrogen and oxygen atoms in total. The summed E-state index contributed by atoms with van der Waals surface area (Å²) in [6.07, 6.45) is 1.80. The van der Waals surface area contributed by atoms with E-state index in [0.717, 1.165) is 54.9 Å². The summed E-state index contributed by atoms with van der Waals surface area (Å²) in [5.41, 5.74) is 2.38. The summed E-state index contributed by atoms with van der Waals surface area (Å²) in [7, 11) is 1.69. The minimum absolute atomic E-state index is 0. The molecular formula is C19H29IN4OS. The molecule has 0 bridgehead atoms. The van der Waals surface area contributed by atoms with Crippen molar-refractivity contribution in [1.82, 2.24) is 15.6 Å². The van der Waals surface area contributed by atoms with Crippen LogP contribution in [0.5, 0.6) is 5.75 Å². The predicted molar refractivity (Wildman–Crippen MR) is 121 cm³/mol. The van der Waals surface area contributed by atoms with E-state index < -0.39 is 0 Å². The van der Waals surface area contributed by atoms with Crippen LogP contribution in [0.2, 0.25) is 0 Å². The number of methoxy groups -OCH3 is 1. The summed E-state index contributed by atoms with van der Waals surface area (Å²) in [6.45, 7) is 8.66. The Morgan fingerprint density at radius 3 is 2.69 bits per heavy atom. The molecule has 0 fully saturated rings. The van der Waals surface area contributed by atoms with Gasteiger partial charge < -0.3 is 15.4 Å². The van der Waals surface area contributed by atoms with Gasteiger partial charge in [0.2, 0.25) is 0 Å². The molecule has 0 amide bonds. The van der Waals surface area contributed by atoms with Crippen LogP contribution in [-0.4, -0.2) is 37.7 Å². The van der Waals surface area contributed by atoms with Gasteiger partial charge in [0.15, 0.2) is 5.96 Å². The normalized spacial score (nSPS) is 11.0. The van der Waals surface area contributed by atoms with Crippen molar-refractivity contribution in [3.05, 3.63) is 45.4 Å². The lowest BCUT2D eigenvalue weighted by Crippen LogP contribution is -2.38. The second-order valence-electron chi connectivity index (χ2n) is 5.79. The lowest BCUT2D eigenvalue weighted by atomic mass is 10.1. The molecule has 0 aliphatic rings. The van der Waals surface area contributed by atoms with Gasteiger partial charge in [-0.1, -0.05) is 12.1 Å². The summed E-state index contributed by atoms with van der Waals surface area (Å²) in [6, 6.07) is 8.16. The number of benzene rings is 1. The van der Waals surface area contributed by atoms with Crippen LogP contribution in [0.15, 0.2) is 29.3 Å². The lowest BCUT2D eigenvalue weighted by molar-refractivity contribution is 0.414. The number of aromatic nitrogens is 1. The zero-order valence-corrected chi connectivity index (χ0v) is 19.1. The molecule has 144 valence electrons. The Balaban J connectivity index is 0.00000338. The Hall–Kier alpha value is -1.35. The Kier molecular flexibility index (Phi) is 10.6. The number of hydrogen-bond acceptors (Lipinski definition) is 4. The molecule has 0 unspecified atom stereocenters. The second-order valence-corrected chi connectivity index (χ2v) is 7.08. The molecule has 2 aromatic rings. The van der Waals surface area contributed by atoms with E-state index in [-0.39, 0.29) is 24.0 Å². The maximum atomic E-state index is 5.26. The highest BCUT2D eigenvalue weighted by molar-refractivity contribution is 14.0. The summed E-state index contributed by atoms with van der Waals surface area (Å²) < 4.78 is 5.26. The minimum Gasteiger partial charge on any atom is -0.497 e. The molecule has 2 rings (SSSR count). The van der Waals surface area contributed by atoms with Gasteiger partial charge in [0.1, 0.15) is 5.75 Å². The first-order chi connectivity index (χ1) is 12.1. The number of halogens is 1. The van der Waals surface area contributed by atoms with Crippen LogP contribution in [0, 0.1) is 13.8 Å². The standard InChI is InChI=1S/C19H28N4OS.HI/c1-5-20-19(22-12-10-18-23-14(2)15(3)25-18)21-11-9-16-7-6-8-17(13-16)24-4;/h6-8,13H,5,9-12H2,1-4H3,(H2,20,21,22);1H. The molecule has 0 atom stereocenters. The smallest absolute Gasteiger partial charge is 0.191 e. The third-order valence-corrected chi connectivity index (χ3v) is 4.99. The van der Waals surface area contributed by atoms with Gasteiger partial charge in [-0.15, -0.1) is 35.3 Å². The number of aryl methyl sites for hydroxylation is 2. The first-order valence-corrected chi connectivity index (χ1v) is 9.52. The van der Waals surface area contributed by atoms with Crippen LogP contribution in [-0.2, 0) is 12.8 Å². The fourth-order valence-electron chi connectivity index (χ4n) is 2.40. The second kappa shape index (κ2) is 12.1. The maximum absolute atomic E-state index is 5.26. The van der Waals surface area contributed by atoms with E-state index in [1.165, 1.54) is 10.4 Å². The van der Waals surface area contributed by atoms with Gasteiger partial charge in [-0.3, -0.25) is 4.99 Å². The number of aliphatic imine (C=N–C) groups is 1. The fourth-order valence-corrected chi connectivity index (χ4v) is 3.33. The zero-order chi connectivity index (χ0) is 18.1. The van der Waals surface area contributed by atoms with Crippen molar-refractivity contribution in [2.45, 2.75) is 33.6 Å². The Morgan fingerprint density at radius 2 is 2.04 bits per heavy atom. The number of thiazole rings is 1. The third-order valence-electron chi connectivity index (χ3n) is 3.85. The van der Waals surface area contributed by atoms with Gasteiger partial charge in [0.05, 0.1) is 17.8 Å². The monoisotopic (exact) mass is 488 g/mol. The molecule has 1 heterocycles. The van der Waals surface area contributed by atoms with E-state index in [0.29, 0.717) is 0 Å². The molecular weight excluding hydrogens is 459 g/mol. The van der Waals surface area contributed by atoms with E-state index in [1.807, 2.05) is 12.1 Å². The van der Waals surface area contributed by atoms with Gasteiger partial charge in [-0.2, -0.15) is 0 Å². The predicted octanol–water partition coefficient (Wildman–Crippen LogP) is 3.73. The van der Waals surface area contributed by atoms with E-state index in [2.05, 4.69) is 53.5 Å². The highest BCUT2D eigenvalue weighted by atomic mass is 127. The van der Waals surface area contributed by atoms with Crippen molar-refractivity contribution < 1.29 is 4.74 Å². The Morgan fingerprint density at radius 1 is 1.23 bits per heavy atom. The van der Waals surface area contributed by atoms with Crippen LogP contribution in [0.3, 0.4) is 0 Å². The SMILES string of the molecule is CCNC(=NCCc1nc(C)c(C)s1)NCCc1cccc(OC)c1.I. The van der Waals surface area contributed by atoms with Crippen molar-refractivity contribution in [2.75, 3.05) is 26.7 Å². The molecule has 0 aliphatic carbocycles. The van der Waals surface area contributed by atoms with Crippen molar-refractivity contribution in [3.63, 3.8) is 0 Å². The van der Waals surface area contributed by atoms with Crippen LogP contribution < -0.4 is 15.4 Å². The summed E-state index contributed by atoms with van der Waals surface area (Å²) in [5.74, 6) is 1.75. The van der Waals surface area contributed by atoms with Crippen LogP contribution in [0.25, 0.3) is 0 Å². The van der Waals surface area contributed by atoms with Crippen LogP contribution in [0.4, 0.5) is 0 Å². The number of rotatable bonds is 8. The Labute approximate surface area is 177 Å². The van der Waals surface area contributed by atoms with Gasteiger partial charge in [-0.05, 0) is 44.9 Å². The maximum Gasteiger partial charge on any atom is 0.191 e. The fraction of sp³-hybridized carbons (Fsp3) is 0.474. The molecule has 26 heavy (non-hydrogen) atoms. The first-order valence-electron chi connectivity index (χ1n) is 8.70. The van der Waals surface area contributed by atoms with E-state index in [4.69, 9.17) is 4.74 Å². The molecule has 0 saturated heterocycles. The van der Waals surface area contributed by atoms with E-state index in [9.17, 15) is 0 Å². The average Bonchev–Trinajstić information content (AvgIpc) is 2.93. The molecule has 7 heteroatoms. The number of hydrogen-bond donors (Lipinski definition) is 2. The number of nitrogens with one attached hydrogen (secondary N) is 2. The van der Waals surface area contributed by atoms with Gasteiger partial charge in [0, 0.05) is 30.9 Å². The van der Waals surface area contributed by atoms with Crippen molar-refractivity contribution >= 4 is 41.3 Å². The third kappa shape index (κ3) is 7.49. The van der Waals surface area contributed by atoms with Crippen molar-refractivity contribution in [2.24, 2.45) is 4.99 Å². The first kappa shape index (κ1) is 22.7. The molecule has 2 N–H and O–H groups in total. The summed E-state index contributed by atoms with van der Waals surface area (Å²) in [5, 5.41) is 7.84. The molecule has 1 aromatic carbocycles. The highest BCUT2D eigenvalue weighted by Gasteiger charge is 2.04. The van der Waals surface area contributed by atoms with E-state index >= 15 is 0 Å². The molecule has 0 aliphatic heterocycles. The van der Waals surface area contributed by atoms with Crippen molar-refractivity contribution in [1.29, 1.82) is 0 Å². The number of ether oxygens (including phenoxy) is 1. The largest absolute Gasteiger partial charge is 0.497 e. The van der Waals surface area contributed by atoms with Crippen LogP contribution in [0.1, 0.15) is 28.1 Å². The van der Waals surface area contributed by atoms with Gasteiger partial charge in [0.25, 0.3) is 0 Å². The van der Waals surface area contributed by atoms with Gasteiger partial charge in [-0.25, -0.2) is 4.98 Å². The number of guanidine groups is 1. The van der Waals surface area contributed by atoms with E-state index in [1.54, 1.807) is 18.4 Å². The highest BCUT2D eigenvalue weighted by Crippen LogP contribution is 2.16. The Bertz CT molecular complexity index is 683.